The van der Waals surface area contributed by atoms with Gasteiger partial charge in [0.1, 0.15) is 24.0 Å². The molecule has 0 aliphatic rings. The second kappa shape index (κ2) is 10.6. The molecular weight excluding hydrogens is 478 g/mol. The third kappa shape index (κ3) is 4.82. The molecule has 4 nitrogen and oxygen atoms in total. The molecule has 0 saturated carbocycles. The van der Waals surface area contributed by atoms with E-state index in [1.807, 2.05) is 36.4 Å². The molecule has 0 aliphatic carbocycles. The van der Waals surface area contributed by atoms with Crippen LogP contribution < -0.4 is 8.80 Å². The monoisotopic (exact) mass is 508 g/mol. The molecule has 4 aromatic heterocycles. The zero-order valence-electron chi connectivity index (χ0n) is 21.2. The Morgan fingerprint density at radius 3 is 1.34 bits per heavy atom. The number of fused-ring (bicyclic) bond motifs is 2. The highest BCUT2D eigenvalue weighted by Crippen LogP contribution is 2.24. The summed E-state index contributed by atoms with van der Waals surface area (Å²) >= 11 is 0. The van der Waals surface area contributed by atoms with Crippen LogP contribution in [0.3, 0.4) is 0 Å². The number of halogens is 2. The third-order valence-electron chi connectivity index (χ3n) is 7.19. The molecule has 0 bridgehead atoms. The van der Waals surface area contributed by atoms with Crippen molar-refractivity contribution in [2.24, 2.45) is 0 Å². The van der Waals surface area contributed by atoms with Crippen molar-refractivity contribution in [3.63, 3.8) is 0 Å². The molecule has 38 heavy (non-hydrogen) atoms. The zero-order valence-corrected chi connectivity index (χ0v) is 21.2. The quantitative estimate of drug-likeness (QED) is 0.154. The first-order valence-corrected chi connectivity index (χ1v) is 13.2. The van der Waals surface area contributed by atoms with Crippen LogP contribution in [-0.2, 0) is 13.1 Å². The van der Waals surface area contributed by atoms with E-state index in [4.69, 9.17) is 0 Å². The summed E-state index contributed by atoms with van der Waals surface area (Å²) in [5.74, 6) is -0.443. The summed E-state index contributed by atoms with van der Waals surface area (Å²) in [7, 11) is 0. The number of aryl methyl sites for hydroxylation is 2. The number of benzene rings is 2. The Hall–Kier alpha value is -4.32. The third-order valence-corrected chi connectivity index (χ3v) is 7.19. The van der Waals surface area contributed by atoms with Crippen LogP contribution in [0.1, 0.15) is 25.7 Å². The van der Waals surface area contributed by atoms with Crippen LogP contribution in [0.5, 0.6) is 0 Å². The van der Waals surface area contributed by atoms with Gasteiger partial charge >= 0.3 is 0 Å². The molecule has 0 unspecified atom stereocenters. The number of rotatable bonds is 9. The van der Waals surface area contributed by atoms with E-state index in [0.717, 1.165) is 72.6 Å². The average Bonchev–Trinajstić information content (AvgIpc) is 3.50. The maximum Gasteiger partial charge on any atom is 0.286 e. The molecule has 190 valence electrons. The molecule has 4 heterocycles. The van der Waals surface area contributed by atoms with E-state index >= 15 is 0 Å². The van der Waals surface area contributed by atoms with E-state index in [9.17, 15) is 8.78 Å². The van der Waals surface area contributed by atoms with Crippen molar-refractivity contribution in [2.45, 2.75) is 38.8 Å². The highest BCUT2D eigenvalue weighted by molar-refractivity contribution is 5.62. The molecule has 6 aromatic rings. The van der Waals surface area contributed by atoms with Crippen molar-refractivity contribution in [1.29, 1.82) is 0 Å². The second-order valence-corrected chi connectivity index (χ2v) is 9.69. The molecule has 0 atom stereocenters. The minimum Gasteiger partial charge on any atom is -0.223 e. The van der Waals surface area contributed by atoms with Crippen LogP contribution in [0.15, 0.2) is 110 Å². The van der Waals surface area contributed by atoms with Gasteiger partial charge in [-0.3, -0.25) is 0 Å². The summed E-state index contributed by atoms with van der Waals surface area (Å²) in [4.78, 5) is 0. The van der Waals surface area contributed by atoms with E-state index in [0.29, 0.717) is 0 Å². The lowest BCUT2D eigenvalue weighted by Crippen LogP contribution is -2.18. The minimum absolute atomic E-state index is 0.222. The van der Waals surface area contributed by atoms with E-state index in [1.54, 1.807) is 0 Å². The Labute approximate surface area is 220 Å². The van der Waals surface area contributed by atoms with Crippen LogP contribution >= 0.6 is 0 Å². The topological polar surface area (TPSA) is 18.1 Å². The van der Waals surface area contributed by atoms with Gasteiger partial charge in [0.25, 0.3) is 11.3 Å². The largest absolute Gasteiger partial charge is 0.286 e. The van der Waals surface area contributed by atoms with E-state index in [1.165, 1.54) is 24.3 Å². The fourth-order valence-corrected chi connectivity index (χ4v) is 5.29. The Morgan fingerprint density at radius 1 is 0.500 bits per heavy atom. The minimum atomic E-state index is -0.222. The predicted molar refractivity (Wildman–Crippen MR) is 144 cm³/mol. The van der Waals surface area contributed by atoms with Gasteiger partial charge in [-0.05, 0) is 86.3 Å². The summed E-state index contributed by atoms with van der Waals surface area (Å²) in [5, 5.41) is 0. The number of unbranched alkanes of at least 4 members (excludes halogenated alkanes) is 3. The van der Waals surface area contributed by atoms with Crippen molar-refractivity contribution in [2.75, 3.05) is 0 Å². The summed E-state index contributed by atoms with van der Waals surface area (Å²) < 4.78 is 36.0. The fourth-order valence-electron chi connectivity index (χ4n) is 5.29. The molecule has 0 aliphatic heterocycles. The smallest absolute Gasteiger partial charge is 0.223 e. The predicted octanol–water partition coefficient (Wildman–Crippen LogP) is 6.64. The maximum absolute atomic E-state index is 13.5. The Morgan fingerprint density at radius 2 is 0.921 bits per heavy atom. The lowest BCUT2D eigenvalue weighted by molar-refractivity contribution is -0.510. The summed E-state index contributed by atoms with van der Waals surface area (Å²) in [5.41, 5.74) is 6.48. The number of imidazole rings is 2. The molecule has 0 radical (unpaired) electrons. The number of pyridine rings is 2. The summed E-state index contributed by atoms with van der Waals surface area (Å²) in [6, 6.07) is 25.9. The van der Waals surface area contributed by atoms with Crippen LogP contribution in [0, 0.1) is 11.6 Å². The number of hydrogen-bond acceptors (Lipinski definition) is 0. The average molecular weight is 509 g/mol. The van der Waals surface area contributed by atoms with Gasteiger partial charge < -0.3 is 0 Å². The Kier molecular flexibility index (Phi) is 6.69. The summed E-state index contributed by atoms with van der Waals surface area (Å²) in [6.45, 7) is 1.80. The van der Waals surface area contributed by atoms with Crippen molar-refractivity contribution < 1.29 is 17.6 Å². The molecule has 2 aromatic carbocycles. The first-order valence-electron chi connectivity index (χ1n) is 13.2. The number of hydrogen-bond donors (Lipinski definition) is 0. The van der Waals surface area contributed by atoms with Gasteiger partial charge in [-0.25, -0.2) is 26.7 Å². The van der Waals surface area contributed by atoms with Crippen molar-refractivity contribution in [3.05, 3.63) is 121 Å². The van der Waals surface area contributed by atoms with E-state index in [2.05, 4.69) is 67.0 Å². The van der Waals surface area contributed by atoms with Gasteiger partial charge in [0.15, 0.2) is 11.4 Å². The highest BCUT2D eigenvalue weighted by atomic mass is 19.1. The standard InChI is InChI=1S/C32H30F2N4/c33-27-15-11-25(12-16-27)29-23-35-19-7-3-9-31(35)37(29)21-5-1-2-6-22-38-30(26-13-17-28(34)18-14-26)24-36-20-8-4-10-32(36)38/h3-4,7-20,23-24H,1-2,5-6,21-22H2/q+2. The van der Waals surface area contributed by atoms with Gasteiger partial charge in [-0.15, -0.1) is 0 Å². The van der Waals surface area contributed by atoms with Crippen molar-refractivity contribution >= 4 is 11.3 Å². The molecule has 0 saturated heterocycles. The van der Waals surface area contributed by atoms with Gasteiger partial charge in [-0.1, -0.05) is 12.1 Å². The van der Waals surface area contributed by atoms with E-state index in [-0.39, 0.29) is 11.6 Å². The zero-order chi connectivity index (χ0) is 25.9. The maximum atomic E-state index is 13.5. The van der Waals surface area contributed by atoms with E-state index < -0.39 is 0 Å². The van der Waals surface area contributed by atoms with Gasteiger partial charge in [0, 0.05) is 23.3 Å². The van der Waals surface area contributed by atoms with Gasteiger partial charge in [0.05, 0.1) is 25.5 Å². The van der Waals surface area contributed by atoms with Gasteiger partial charge in [-0.2, -0.15) is 0 Å². The first-order chi connectivity index (χ1) is 18.7. The van der Waals surface area contributed by atoms with Crippen LogP contribution in [0.25, 0.3) is 33.8 Å². The number of nitrogens with zero attached hydrogens (tertiary/aromatic N) is 4. The van der Waals surface area contributed by atoms with Crippen LogP contribution in [0.2, 0.25) is 0 Å². The lowest BCUT2D eigenvalue weighted by atomic mass is 10.1. The normalized spacial score (nSPS) is 11.5. The molecular formula is C32H30F2N4+2. The highest BCUT2D eigenvalue weighted by Gasteiger charge is 2.20. The Bertz CT molecular complexity index is 1550. The summed E-state index contributed by atoms with van der Waals surface area (Å²) in [6.07, 6.45) is 12.7. The second-order valence-electron chi connectivity index (χ2n) is 9.69. The van der Waals surface area contributed by atoms with Crippen molar-refractivity contribution in [1.82, 2.24) is 9.13 Å². The number of aromatic nitrogens is 4. The molecule has 0 amide bonds. The molecule has 0 fully saturated rings. The molecule has 6 rings (SSSR count). The molecule has 0 spiro atoms. The Balaban J connectivity index is 1.14. The SMILES string of the molecule is Fc1ccc(-c2c[n+]3ccccc3n2CCCCCCn2c(-c3ccc(F)cc3)c[n+]3ccccc23)cc1. The fraction of sp³-hybridized carbons (Fsp3) is 0.188. The molecule has 0 N–H and O–H groups in total. The van der Waals surface area contributed by atoms with Gasteiger partial charge in [0.2, 0.25) is 0 Å². The first kappa shape index (κ1) is 24.0. The van der Waals surface area contributed by atoms with Crippen LogP contribution in [-0.4, -0.2) is 9.13 Å². The van der Waals surface area contributed by atoms with Crippen molar-refractivity contribution in [3.8, 4) is 22.5 Å². The van der Waals surface area contributed by atoms with Crippen LogP contribution in [0.4, 0.5) is 8.78 Å². The lowest BCUT2D eigenvalue weighted by Gasteiger charge is -2.05. The molecule has 6 heteroatoms.